The lowest BCUT2D eigenvalue weighted by molar-refractivity contribution is -0.132. The van der Waals surface area contributed by atoms with Gasteiger partial charge < -0.3 is 24.4 Å². The molecule has 1 saturated heterocycles. The fourth-order valence-electron chi connectivity index (χ4n) is 3.12. The number of ether oxygens (including phenoxy) is 3. The van der Waals surface area contributed by atoms with Crippen LogP contribution in [0.4, 0.5) is 5.69 Å². The zero-order valence-corrected chi connectivity index (χ0v) is 17.7. The van der Waals surface area contributed by atoms with Crippen molar-refractivity contribution < 1.29 is 23.8 Å². The number of carbonyl (C=O) groups is 2. The zero-order valence-electron chi connectivity index (χ0n) is 16.1. The topological polar surface area (TPSA) is 77.1 Å². The Morgan fingerprint density at radius 3 is 2.83 bits per heavy atom. The summed E-state index contributed by atoms with van der Waals surface area (Å²) in [6.07, 6.45) is 3.09. The Hall–Kier alpha value is -2.84. The Morgan fingerprint density at radius 1 is 1.27 bits per heavy atom. The number of fused-ring (bicyclic) bond motifs is 1. The summed E-state index contributed by atoms with van der Waals surface area (Å²) >= 11 is 7.72. The number of rotatable bonds is 5. The molecule has 2 aromatic carbocycles. The number of thioether (sulfide) groups is 1. The summed E-state index contributed by atoms with van der Waals surface area (Å²) in [6.45, 7) is 0.122. The van der Waals surface area contributed by atoms with Gasteiger partial charge in [-0.05, 0) is 48.0 Å². The van der Waals surface area contributed by atoms with Crippen molar-refractivity contribution in [2.75, 3.05) is 30.8 Å². The van der Waals surface area contributed by atoms with Crippen LogP contribution in [0.15, 0.2) is 42.5 Å². The number of methoxy groups -OCH3 is 1. The highest BCUT2D eigenvalue weighted by Crippen LogP contribution is 2.40. The van der Waals surface area contributed by atoms with Crippen LogP contribution < -0.4 is 19.5 Å². The average molecular weight is 447 g/mol. The van der Waals surface area contributed by atoms with Gasteiger partial charge in [-0.1, -0.05) is 11.6 Å². The normalized spacial score (nSPS) is 17.4. The van der Waals surface area contributed by atoms with Crippen LogP contribution in [-0.2, 0) is 9.59 Å². The Bertz CT molecular complexity index is 996. The van der Waals surface area contributed by atoms with E-state index in [0.29, 0.717) is 45.2 Å². The molecule has 30 heavy (non-hydrogen) atoms. The fraction of sp³-hybridized carbons (Fsp3) is 0.238. The molecule has 2 aliphatic heterocycles. The third-order valence-electron chi connectivity index (χ3n) is 4.69. The molecule has 0 spiro atoms. The molecule has 0 radical (unpaired) electrons. The lowest BCUT2D eigenvalue weighted by Gasteiger charge is -2.21. The quantitative estimate of drug-likeness (QED) is 0.707. The van der Waals surface area contributed by atoms with Gasteiger partial charge in [-0.15, -0.1) is 11.8 Å². The number of amides is 2. The first-order valence-corrected chi connectivity index (χ1v) is 10.7. The van der Waals surface area contributed by atoms with Crippen molar-refractivity contribution in [3.8, 4) is 17.2 Å². The SMILES string of the molecule is COc1ccc(NC(=O)C2CSCN2C(=O)/C=C/c2cc(Cl)c3c(c2)OCO3)cc1. The van der Waals surface area contributed by atoms with Gasteiger partial charge in [0.2, 0.25) is 18.6 Å². The minimum Gasteiger partial charge on any atom is -0.497 e. The molecule has 2 amide bonds. The van der Waals surface area contributed by atoms with E-state index in [1.165, 1.54) is 17.8 Å². The molecule has 7 nitrogen and oxygen atoms in total. The van der Waals surface area contributed by atoms with Crippen molar-refractivity contribution in [1.29, 1.82) is 0 Å². The number of anilines is 1. The summed E-state index contributed by atoms with van der Waals surface area (Å²) in [4.78, 5) is 27.0. The second kappa shape index (κ2) is 8.89. The van der Waals surface area contributed by atoms with E-state index < -0.39 is 6.04 Å². The lowest BCUT2D eigenvalue weighted by atomic mass is 10.1. The molecule has 1 N–H and O–H groups in total. The highest BCUT2D eigenvalue weighted by atomic mass is 35.5. The highest BCUT2D eigenvalue weighted by molar-refractivity contribution is 7.99. The summed E-state index contributed by atoms with van der Waals surface area (Å²) in [7, 11) is 1.58. The Kier molecular flexibility index (Phi) is 6.06. The molecule has 0 bridgehead atoms. The lowest BCUT2D eigenvalue weighted by Crippen LogP contribution is -2.43. The van der Waals surface area contributed by atoms with Crippen molar-refractivity contribution >= 4 is 46.9 Å². The number of hydrogen-bond acceptors (Lipinski definition) is 6. The summed E-state index contributed by atoms with van der Waals surface area (Å²) in [5.41, 5.74) is 1.36. The van der Waals surface area contributed by atoms with E-state index in [0.717, 1.165) is 0 Å². The minimum atomic E-state index is -0.547. The highest BCUT2D eigenvalue weighted by Gasteiger charge is 2.33. The van der Waals surface area contributed by atoms with E-state index in [2.05, 4.69) is 5.32 Å². The second-order valence-electron chi connectivity index (χ2n) is 6.61. The van der Waals surface area contributed by atoms with E-state index in [1.807, 2.05) is 0 Å². The van der Waals surface area contributed by atoms with Crippen LogP contribution >= 0.6 is 23.4 Å². The van der Waals surface area contributed by atoms with E-state index in [4.69, 9.17) is 25.8 Å². The summed E-state index contributed by atoms with van der Waals surface area (Å²) in [5.74, 6) is 2.27. The van der Waals surface area contributed by atoms with E-state index >= 15 is 0 Å². The molecule has 156 valence electrons. The number of benzene rings is 2. The maximum absolute atomic E-state index is 12.7. The molecule has 0 aliphatic carbocycles. The smallest absolute Gasteiger partial charge is 0.248 e. The van der Waals surface area contributed by atoms with Gasteiger partial charge in [-0.3, -0.25) is 9.59 Å². The first kappa shape index (κ1) is 20.4. The predicted molar refractivity (Wildman–Crippen MR) is 116 cm³/mol. The third kappa shape index (κ3) is 4.34. The van der Waals surface area contributed by atoms with Gasteiger partial charge in [0.25, 0.3) is 0 Å². The predicted octanol–water partition coefficient (Wildman–Crippen LogP) is 3.63. The molecule has 9 heteroatoms. The summed E-state index contributed by atoms with van der Waals surface area (Å²) < 4.78 is 15.7. The van der Waals surface area contributed by atoms with Crippen molar-refractivity contribution in [3.63, 3.8) is 0 Å². The molecule has 4 rings (SSSR count). The van der Waals surface area contributed by atoms with E-state index in [-0.39, 0.29) is 18.6 Å². The molecule has 1 atom stereocenters. The van der Waals surface area contributed by atoms with Gasteiger partial charge in [-0.2, -0.15) is 0 Å². The number of nitrogens with zero attached hydrogens (tertiary/aromatic N) is 1. The van der Waals surface area contributed by atoms with E-state index in [9.17, 15) is 9.59 Å². The number of halogens is 1. The fourth-order valence-corrected chi connectivity index (χ4v) is 4.56. The molecule has 0 saturated carbocycles. The maximum Gasteiger partial charge on any atom is 0.248 e. The van der Waals surface area contributed by atoms with Gasteiger partial charge >= 0.3 is 0 Å². The third-order valence-corrected chi connectivity index (χ3v) is 5.99. The molecule has 1 fully saturated rings. The van der Waals surface area contributed by atoms with Crippen LogP contribution in [-0.4, -0.2) is 48.3 Å². The molecular formula is C21H19ClN2O5S. The molecule has 2 aromatic rings. The summed E-state index contributed by atoms with van der Waals surface area (Å²) in [5, 5.41) is 3.28. The molecule has 2 aliphatic rings. The summed E-state index contributed by atoms with van der Waals surface area (Å²) in [6, 6.07) is 9.95. The monoisotopic (exact) mass is 446 g/mol. The van der Waals surface area contributed by atoms with Crippen LogP contribution in [0.5, 0.6) is 17.2 Å². The Labute approximate surface area is 182 Å². The minimum absolute atomic E-state index is 0.122. The zero-order chi connectivity index (χ0) is 21.1. The van der Waals surface area contributed by atoms with Gasteiger partial charge in [0.05, 0.1) is 18.0 Å². The van der Waals surface area contributed by atoms with Crippen molar-refractivity contribution in [3.05, 3.63) is 53.1 Å². The van der Waals surface area contributed by atoms with Gasteiger partial charge in [0.15, 0.2) is 11.5 Å². The van der Waals surface area contributed by atoms with Crippen molar-refractivity contribution in [2.45, 2.75) is 6.04 Å². The van der Waals surface area contributed by atoms with Gasteiger partial charge in [-0.25, -0.2) is 0 Å². The molecule has 1 unspecified atom stereocenters. The van der Waals surface area contributed by atoms with E-state index in [1.54, 1.807) is 54.5 Å². The van der Waals surface area contributed by atoms with Crippen LogP contribution in [0.1, 0.15) is 5.56 Å². The first-order chi connectivity index (χ1) is 14.5. The Balaban J connectivity index is 1.42. The number of carbonyl (C=O) groups excluding carboxylic acids is 2. The maximum atomic E-state index is 12.7. The number of nitrogens with one attached hydrogen (secondary N) is 1. The largest absolute Gasteiger partial charge is 0.497 e. The van der Waals surface area contributed by atoms with Crippen LogP contribution in [0, 0.1) is 0 Å². The average Bonchev–Trinajstić information content (AvgIpc) is 3.42. The Morgan fingerprint density at radius 2 is 2.07 bits per heavy atom. The van der Waals surface area contributed by atoms with Crippen LogP contribution in [0.3, 0.4) is 0 Å². The van der Waals surface area contributed by atoms with Crippen molar-refractivity contribution in [2.24, 2.45) is 0 Å². The van der Waals surface area contributed by atoms with Gasteiger partial charge in [0, 0.05) is 17.5 Å². The van der Waals surface area contributed by atoms with Crippen LogP contribution in [0.2, 0.25) is 5.02 Å². The second-order valence-corrected chi connectivity index (χ2v) is 8.02. The van der Waals surface area contributed by atoms with Crippen molar-refractivity contribution in [1.82, 2.24) is 4.90 Å². The van der Waals surface area contributed by atoms with Gasteiger partial charge in [0.1, 0.15) is 11.8 Å². The molecular weight excluding hydrogens is 428 g/mol. The number of hydrogen-bond donors (Lipinski definition) is 1. The molecule has 2 heterocycles. The molecule has 0 aromatic heterocycles. The standard InChI is InChI=1S/C21H19ClN2O5S/c1-27-15-5-3-14(4-6-15)23-21(26)17-10-30-11-24(17)19(25)7-2-13-8-16(22)20-18(9-13)28-12-29-20/h2-9,17H,10-12H2,1H3,(H,23,26)/b7-2+. The van der Waals surface area contributed by atoms with Crippen LogP contribution in [0.25, 0.3) is 6.08 Å². The first-order valence-electron chi connectivity index (χ1n) is 9.15.